The Morgan fingerprint density at radius 3 is 2.89 bits per heavy atom. The van der Waals surface area contributed by atoms with Crippen LogP contribution in [0.2, 0.25) is 0 Å². The second-order valence-electron chi connectivity index (χ2n) is 5.65. The van der Waals surface area contributed by atoms with Crippen LogP contribution in [0.5, 0.6) is 5.75 Å². The van der Waals surface area contributed by atoms with E-state index in [0.29, 0.717) is 0 Å². The summed E-state index contributed by atoms with van der Waals surface area (Å²) in [5.74, 6) is 0.874. The molecule has 1 aliphatic rings. The Morgan fingerprint density at radius 1 is 1.32 bits per heavy atom. The fourth-order valence-electron chi connectivity index (χ4n) is 2.78. The first-order chi connectivity index (χ1) is 9.12. The van der Waals surface area contributed by atoms with Crippen molar-refractivity contribution in [3.05, 3.63) is 36.1 Å². The number of hydrogen-bond donors (Lipinski definition) is 1. The van der Waals surface area contributed by atoms with E-state index >= 15 is 0 Å². The third kappa shape index (κ3) is 2.04. The zero-order chi connectivity index (χ0) is 13.5. The number of rotatable bonds is 2. The Morgan fingerprint density at radius 2 is 2.16 bits per heavy atom. The summed E-state index contributed by atoms with van der Waals surface area (Å²) in [6.45, 7) is 6.37. The average molecular weight is 257 g/mol. The summed E-state index contributed by atoms with van der Waals surface area (Å²) >= 11 is 0. The molecule has 0 radical (unpaired) electrons. The molecule has 3 heteroatoms. The molecule has 0 saturated carbocycles. The highest BCUT2D eigenvalue weighted by molar-refractivity contribution is 5.92. The summed E-state index contributed by atoms with van der Waals surface area (Å²) in [7, 11) is 1.70. The van der Waals surface area contributed by atoms with Crippen molar-refractivity contribution in [2.24, 2.45) is 5.41 Å². The predicted molar refractivity (Wildman–Crippen MR) is 77.4 cm³/mol. The van der Waals surface area contributed by atoms with Crippen molar-refractivity contribution in [2.75, 3.05) is 20.2 Å². The van der Waals surface area contributed by atoms with Crippen LogP contribution in [0.1, 0.15) is 19.4 Å². The fraction of sp³-hybridized carbons (Fsp3) is 0.375. The van der Waals surface area contributed by atoms with Gasteiger partial charge in [-0.25, -0.2) is 0 Å². The average Bonchev–Trinajstić information content (AvgIpc) is 2.85. The number of furan rings is 1. The summed E-state index contributed by atoms with van der Waals surface area (Å²) in [4.78, 5) is 0. The molecule has 1 aromatic heterocycles. The highest BCUT2D eigenvalue weighted by Crippen LogP contribution is 2.40. The molecule has 1 aliphatic heterocycles. The topological polar surface area (TPSA) is 34.4 Å². The lowest BCUT2D eigenvalue weighted by Gasteiger charge is -2.32. The van der Waals surface area contributed by atoms with Gasteiger partial charge in [-0.2, -0.15) is 0 Å². The Balaban J connectivity index is 2.23. The summed E-state index contributed by atoms with van der Waals surface area (Å²) in [5.41, 5.74) is 3.50. The van der Waals surface area contributed by atoms with Gasteiger partial charge >= 0.3 is 0 Å². The van der Waals surface area contributed by atoms with Gasteiger partial charge in [-0.15, -0.1) is 0 Å². The number of nitrogens with one attached hydrogen (secondary N) is 1. The highest BCUT2D eigenvalue weighted by Gasteiger charge is 2.28. The SMILES string of the molecule is COc1cc(C2=CCNCC2(C)C)c2occc2c1. The largest absolute Gasteiger partial charge is 0.497 e. The summed E-state index contributed by atoms with van der Waals surface area (Å²) in [5, 5.41) is 4.49. The van der Waals surface area contributed by atoms with Gasteiger partial charge < -0.3 is 14.5 Å². The van der Waals surface area contributed by atoms with E-state index in [2.05, 4.69) is 31.3 Å². The van der Waals surface area contributed by atoms with E-state index in [9.17, 15) is 0 Å². The molecule has 1 aromatic carbocycles. The fourth-order valence-corrected chi connectivity index (χ4v) is 2.78. The maximum Gasteiger partial charge on any atom is 0.141 e. The van der Waals surface area contributed by atoms with Crippen LogP contribution in [-0.4, -0.2) is 20.2 Å². The molecule has 0 unspecified atom stereocenters. The minimum Gasteiger partial charge on any atom is -0.497 e. The molecule has 3 rings (SSSR count). The molecule has 19 heavy (non-hydrogen) atoms. The number of methoxy groups -OCH3 is 1. The quantitative estimate of drug-likeness (QED) is 0.894. The molecule has 100 valence electrons. The van der Waals surface area contributed by atoms with Gasteiger partial charge in [-0.1, -0.05) is 19.9 Å². The molecule has 2 aromatic rings. The van der Waals surface area contributed by atoms with Gasteiger partial charge in [0.2, 0.25) is 0 Å². The maximum absolute atomic E-state index is 5.68. The minimum absolute atomic E-state index is 0.0876. The van der Waals surface area contributed by atoms with Gasteiger partial charge in [0, 0.05) is 29.5 Å². The smallest absolute Gasteiger partial charge is 0.141 e. The van der Waals surface area contributed by atoms with Gasteiger partial charge in [0.05, 0.1) is 13.4 Å². The van der Waals surface area contributed by atoms with Gasteiger partial charge in [0.1, 0.15) is 11.3 Å². The molecular weight excluding hydrogens is 238 g/mol. The Kier molecular flexibility index (Phi) is 2.86. The molecule has 0 amide bonds. The first-order valence-electron chi connectivity index (χ1n) is 6.59. The zero-order valence-corrected chi connectivity index (χ0v) is 11.6. The summed E-state index contributed by atoms with van der Waals surface area (Å²) < 4.78 is 11.1. The van der Waals surface area contributed by atoms with Crippen molar-refractivity contribution in [2.45, 2.75) is 13.8 Å². The standard InChI is InChI=1S/C16H19NO2/c1-16(2)10-17-6-4-14(16)13-9-12(18-3)8-11-5-7-19-15(11)13/h4-5,7-9,17H,6,10H2,1-3H3. The van der Waals surface area contributed by atoms with Crippen LogP contribution in [0.4, 0.5) is 0 Å². The molecule has 0 fully saturated rings. The molecule has 1 N–H and O–H groups in total. The van der Waals surface area contributed by atoms with Crippen molar-refractivity contribution < 1.29 is 9.15 Å². The maximum atomic E-state index is 5.68. The van der Waals surface area contributed by atoms with Crippen molar-refractivity contribution in [1.82, 2.24) is 5.32 Å². The molecule has 0 spiro atoms. The van der Waals surface area contributed by atoms with Crippen LogP contribution in [0.15, 0.2) is 35.0 Å². The lowest BCUT2D eigenvalue weighted by molar-refractivity contribution is 0.414. The monoisotopic (exact) mass is 257 g/mol. The zero-order valence-electron chi connectivity index (χ0n) is 11.6. The third-order valence-electron chi connectivity index (χ3n) is 3.80. The van der Waals surface area contributed by atoms with Crippen LogP contribution >= 0.6 is 0 Å². The molecule has 2 heterocycles. The van der Waals surface area contributed by atoms with Gasteiger partial charge in [0.25, 0.3) is 0 Å². The van der Waals surface area contributed by atoms with E-state index in [1.54, 1.807) is 13.4 Å². The van der Waals surface area contributed by atoms with E-state index in [-0.39, 0.29) is 5.41 Å². The van der Waals surface area contributed by atoms with Gasteiger partial charge in [-0.05, 0) is 23.8 Å². The second kappa shape index (κ2) is 4.42. The molecule has 3 nitrogen and oxygen atoms in total. The van der Waals surface area contributed by atoms with E-state index in [1.165, 1.54) is 5.57 Å². The summed E-state index contributed by atoms with van der Waals surface area (Å²) in [6, 6.07) is 6.07. The molecule has 0 aliphatic carbocycles. The van der Waals surface area contributed by atoms with E-state index < -0.39 is 0 Å². The lowest BCUT2D eigenvalue weighted by Crippen LogP contribution is -2.35. The van der Waals surface area contributed by atoms with Crippen LogP contribution in [0, 0.1) is 5.41 Å². The van der Waals surface area contributed by atoms with Crippen LogP contribution < -0.4 is 10.1 Å². The van der Waals surface area contributed by atoms with Crippen LogP contribution in [0.3, 0.4) is 0 Å². The summed E-state index contributed by atoms with van der Waals surface area (Å²) in [6.07, 6.45) is 3.99. The lowest BCUT2D eigenvalue weighted by atomic mass is 9.78. The number of benzene rings is 1. The number of hydrogen-bond acceptors (Lipinski definition) is 3. The molecule has 0 saturated heterocycles. The Hall–Kier alpha value is -1.74. The molecule has 0 atom stereocenters. The normalized spacial score (nSPS) is 18.4. The molecular formula is C16H19NO2. The van der Waals surface area contributed by atoms with E-state index in [1.807, 2.05) is 12.1 Å². The van der Waals surface area contributed by atoms with Crippen molar-refractivity contribution in [3.8, 4) is 5.75 Å². The first kappa shape index (κ1) is 12.3. The molecule has 0 bridgehead atoms. The van der Waals surface area contributed by atoms with Gasteiger partial charge in [0.15, 0.2) is 0 Å². The number of ether oxygens (including phenoxy) is 1. The van der Waals surface area contributed by atoms with Crippen molar-refractivity contribution >= 4 is 16.5 Å². The van der Waals surface area contributed by atoms with Crippen molar-refractivity contribution in [3.63, 3.8) is 0 Å². The Bertz CT molecular complexity index is 637. The van der Waals surface area contributed by atoms with Gasteiger partial charge in [-0.3, -0.25) is 0 Å². The highest BCUT2D eigenvalue weighted by atomic mass is 16.5. The van der Waals surface area contributed by atoms with E-state index in [4.69, 9.17) is 9.15 Å². The van der Waals surface area contributed by atoms with E-state index in [0.717, 1.165) is 35.4 Å². The third-order valence-corrected chi connectivity index (χ3v) is 3.80. The minimum atomic E-state index is 0.0876. The Labute approximate surface area is 113 Å². The second-order valence-corrected chi connectivity index (χ2v) is 5.65. The van der Waals surface area contributed by atoms with Crippen LogP contribution in [0.25, 0.3) is 16.5 Å². The first-order valence-corrected chi connectivity index (χ1v) is 6.59. The van der Waals surface area contributed by atoms with Crippen molar-refractivity contribution in [1.29, 1.82) is 0 Å². The predicted octanol–water partition coefficient (Wildman–Crippen LogP) is 3.45. The number of fused-ring (bicyclic) bond motifs is 1. The van der Waals surface area contributed by atoms with Crippen LogP contribution in [-0.2, 0) is 0 Å².